The van der Waals surface area contributed by atoms with E-state index in [2.05, 4.69) is 10.3 Å². The van der Waals surface area contributed by atoms with Crippen LogP contribution < -0.4 is 10.1 Å². The van der Waals surface area contributed by atoms with Crippen LogP contribution in [0.2, 0.25) is 0 Å². The zero-order chi connectivity index (χ0) is 27.8. The third-order valence-corrected chi connectivity index (χ3v) is 6.70. The first kappa shape index (κ1) is 27.0. The van der Waals surface area contributed by atoms with E-state index in [0.717, 1.165) is 0 Å². The Labute approximate surface area is 226 Å². The highest BCUT2D eigenvalue weighted by Crippen LogP contribution is 2.38. The summed E-state index contributed by atoms with van der Waals surface area (Å²) in [6.07, 6.45) is 3.31. The van der Waals surface area contributed by atoms with Gasteiger partial charge in [-0.1, -0.05) is 0 Å². The number of methoxy groups -OCH3 is 1. The number of fused-ring (bicyclic) bond motifs is 1. The molecule has 5 rings (SSSR count). The highest BCUT2D eigenvalue weighted by molar-refractivity contribution is 6.02. The second-order valence-corrected chi connectivity index (χ2v) is 10.9. The number of rotatable bonds is 7. The van der Waals surface area contributed by atoms with Crippen LogP contribution in [0, 0.1) is 5.92 Å². The third kappa shape index (κ3) is 5.75. The molecule has 2 aliphatic heterocycles. The van der Waals surface area contributed by atoms with Crippen LogP contribution in [-0.2, 0) is 29.3 Å². The van der Waals surface area contributed by atoms with Crippen molar-refractivity contribution in [2.24, 2.45) is 5.92 Å². The van der Waals surface area contributed by atoms with E-state index in [1.807, 2.05) is 12.1 Å². The molecule has 1 atom stereocenters. The van der Waals surface area contributed by atoms with Gasteiger partial charge in [0.25, 0.3) is 0 Å². The minimum absolute atomic E-state index is 0.256. The van der Waals surface area contributed by atoms with Crippen molar-refractivity contribution in [3.63, 3.8) is 0 Å². The summed E-state index contributed by atoms with van der Waals surface area (Å²) in [4.78, 5) is 34.3. The molecule has 0 bridgehead atoms. The SMILES string of the molecule is CO[C@@]1(c2cc(OCC3COC3)cc(-c3cn(C(=O)OC(C)(C)C)c4cnc(NC(C)=O)cc34)n2)CCOC1. The molecule has 0 spiro atoms. The fraction of sp³-hybridized carbons (Fsp3) is 0.500. The summed E-state index contributed by atoms with van der Waals surface area (Å²) >= 11 is 0. The fourth-order valence-electron chi connectivity index (χ4n) is 4.61. The Morgan fingerprint density at radius 1 is 1.21 bits per heavy atom. The normalized spacial score (nSPS) is 19.6. The molecule has 2 saturated heterocycles. The minimum atomic E-state index is -0.722. The monoisotopic (exact) mass is 538 g/mol. The lowest BCUT2D eigenvalue weighted by Gasteiger charge is -2.28. The predicted octanol–water partition coefficient (Wildman–Crippen LogP) is 4.13. The van der Waals surface area contributed by atoms with Gasteiger partial charge in [0.1, 0.15) is 22.8 Å². The molecule has 11 heteroatoms. The predicted molar refractivity (Wildman–Crippen MR) is 143 cm³/mol. The number of carbonyl (C=O) groups excluding carboxylic acids is 2. The molecule has 1 N–H and O–H groups in total. The molecule has 3 aromatic rings. The van der Waals surface area contributed by atoms with Crippen molar-refractivity contribution >= 4 is 28.7 Å². The van der Waals surface area contributed by atoms with Gasteiger partial charge in [-0.15, -0.1) is 0 Å². The Morgan fingerprint density at radius 2 is 2.00 bits per heavy atom. The first-order chi connectivity index (χ1) is 18.6. The van der Waals surface area contributed by atoms with Crippen LogP contribution >= 0.6 is 0 Å². The van der Waals surface area contributed by atoms with Gasteiger partial charge >= 0.3 is 6.09 Å². The van der Waals surface area contributed by atoms with E-state index < -0.39 is 17.3 Å². The molecule has 11 nitrogen and oxygen atoms in total. The Balaban J connectivity index is 1.65. The Bertz CT molecular complexity index is 1380. The van der Waals surface area contributed by atoms with Crippen LogP contribution in [0.1, 0.15) is 39.8 Å². The van der Waals surface area contributed by atoms with Gasteiger partial charge < -0.3 is 29.0 Å². The zero-order valence-corrected chi connectivity index (χ0v) is 22.9. The molecule has 39 heavy (non-hydrogen) atoms. The molecule has 0 unspecified atom stereocenters. The number of pyridine rings is 2. The molecule has 208 valence electrons. The fourth-order valence-corrected chi connectivity index (χ4v) is 4.61. The number of nitrogens with one attached hydrogen (secondary N) is 1. The van der Waals surface area contributed by atoms with Crippen molar-refractivity contribution < 1.29 is 33.3 Å². The van der Waals surface area contributed by atoms with Gasteiger partial charge in [-0.25, -0.2) is 14.8 Å². The molecule has 0 saturated carbocycles. The maximum Gasteiger partial charge on any atom is 0.419 e. The van der Waals surface area contributed by atoms with Gasteiger partial charge in [0.2, 0.25) is 5.91 Å². The van der Waals surface area contributed by atoms with Crippen LogP contribution in [0.5, 0.6) is 5.75 Å². The Morgan fingerprint density at radius 3 is 2.62 bits per heavy atom. The maximum atomic E-state index is 13.2. The molecular weight excluding hydrogens is 504 g/mol. The molecule has 2 fully saturated rings. The van der Waals surface area contributed by atoms with E-state index in [9.17, 15) is 9.59 Å². The quantitative estimate of drug-likeness (QED) is 0.473. The highest BCUT2D eigenvalue weighted by Gasteiger charge is 2.39. The van der Waals surface area contributed by atoms with Crippen LogP contribution in [0.3, 0.4) is 0 Å². The lowest BCUT2D eigenvalue weighted by Crippen LogP contribution is -2.33. The number of carbonyl (C=O) groups is 2. The van der Waals surface area contributed by atoms with Gasteiger partial charge in [0, 0.05) is 62.3 Å². The first-order valence-corrected chi connectivity index (χ1v) is 13.0. The average molecular weight is 539 g/mol. The summed E-state index contributed by atoms with van der Waals surface area (Å²) in [7, 11) is 1.65. The smallest absolute Gasteiger partial charge is 0.419 e. The Kier molecular flexibility index (Phi) is 7.32. The van der Waals surface area contributed by atoms with E-state index in [1.54, 1.807) is 40.1 Å². The molecule has 3 aromatic heterocycles. The van der Waals surface area contributed by atoms with Gasteiger partial charge in [0.15, 0.2) is 0 Å². The number of ether oxygens (including phenoxy) is 5. The van der Waals surface area contributed by atoms with Crippen molar-refractivity contribution in [2.45, 2.75) is 45.3 Å². The van der Waals surface area contributed by atoms with Crippen molar-refractivity contribution in [3.8, 4) is 17.0 Å². The standard InChI is InChI=1S/C28H34N4O7/c1-17(33)30-25-10-20-21(12-32(23(20)11-29-25)26(34)39-27(2,3)4)22-8-19(38-15-18-13-37-14-18)9-24(31-22)28(35-5)6-7-36-16-28/h8-12,18H,6-7,13-16H2,1-5H3,(H,29,30,33)/t28-/m0/s1. The van der Waals surface area contributed by atoms with Crippen LogP contribution in [-0.4, -0.2) is 72.3 Å². The second-order valence-electron chi connectivity index (χ2n) is 10.9. The largest absolute Gasteiger partial charge is 0.493 e. The van der Waals surface area contributed by atoms with Gasteiger partial charge in [-0.3, -0.25) is 9.36 Å². The van der Waals surface area contributed by atoms with Gasteiger partial charge in [-0.2, -0.15) is 0 Å². The summed E-state index contributed by atoms with van der Waals surface area (Å²) in [5.41, 5.74) is 0.987. The molecular formula is C28H34N4O7. The molecule has 0 radical (unpaired) electrons. The second kappa shape index (κ2) is 10.6. The number of amides is 1. The van der Waals surface area contributed by atoms with E-state index in [0.29, 0.717) is 84.8 Å². The first-order valence-electron chi connectivity index (χ1n) is 13.0. The average Bonchev–Trinajstić information content (AvgIpc) is 3.47. The summed E-state index contributed by atoms with van der Waals surface area (Å²) in [6.45, 7) is 9.60. The zero-order valence-electron chi connectivity index (χ0n) is 22.9. The lowest BCUT2D eigenvalue weighted by molar-refractivity contribution is -0.114. The summed E-state index contributed by atoms with van der Waals surface area (Å²) in [5.74, 6) is 1.05. The summed E-state index contributed by atoms with van der Waals surface area (Å²) in [6, 6.07) is 5.45. The van der Waals surface area contributed by atoms with Gasteiger partial charge in [-0.05, 0) is 26.8 Å². The Hall–Kier alpha value is -3.54. The van der Waals surface area contributed by atoms with Crippen LogP contribution in [0.4, 0.5) is 10.6 Å². The topological polar surface area (TPSA) is 123 Å². The molecule has 0 aromatic carbocycles. The summed E-state index contributed by atoms with van der Waals surface area (Å²) in [5, 5.41) is 3.38. The number of nitrogens with zero attached hydrogens (tertiary/aromatic N) is 3. The van der Waals surface area contributed by atoms with Crippen LogP contribution in [0.25, 0.3) is 22.2 Å². The van der Waals surface area contributed by atoms with E-state index in [-0.39, 0.29) is 5.91 Å². The number of anilines is 1. The highest BCUT2D eigenvalue weighted by atomic mass is 16.6. The molecule has 2 aliphatic rings. The summed E-state index contributed by atoms with van der Waals surface area (Å²) < 4.78 is 30.2. The van der Waals surface area contributed by atoms with Gasteiger partial charge in [0.05, 0.1) is 49.5 Å². The van der Waals surface area contributed by atoms with E-state index >= 15 is 0 Å². The maximum absolute atomic E-state index is 13.2. The van der Waals surface area contributed by atoms with E-state index in [1.165, 1.54) is 17.7 Å². The molecule has 0 aliphatic carbocycles. The van der Waals surface area contributed by atoms with Crippen molar-refractivity contribution in [1.29, 1.82) is 0 Å². The number of hydrogen-bond acceptors (Lipinski definition) is 9. The number of aromatic nitrogens is 3. The number of hydrogen-bond donors (Lipinski definition) is 1. The molecule has 1 amide bonds. The van der Waals surface area contributed by atoms with Crippen LogP contribution in [0.15, 0.2) is 30.6 Å². The van der Waals surface area contributed by atoms with Crippen molar-refractivity contribution in [2.75, 3.05) is 45.5 Å². The minimum Gasteiger partial charge on any atom is -0.493 e. The van der Waals surface area contributed by atoms with E-state index in [4.69, 9.17) is 28.7 Å². The van der Waals surface area contributed by atoms with Crippen molar-refractivity contribution in [3.05, 3.63) is 36.3 Å². The van der Waals surface area contributed by atoms with Crippen molar-refractivity contribution in [1.82, 2.24) is 14.5 Å². The molecule has 5 heterocycles. The lowest BCUT2D eigenvalue weighted by atomic mass is 9.96. The third-order valence-electron chi connectivity index (χ3n) is 6.70.